The molecule has 1 aliphatic rings. The molecule has 122 valence electrons. The van der Waals surface area contributed by atoms with Crippen molar-refractivity contribution in [2.45, 2.75) is 19.3 Å². The summed E-state index contributed by atoms with van der Waals surface area (Å²) >= 11 is 5.94. The second kappa shape index (κ2) is 6.29. The molecule has 0 unspecified atom stereocenters. The molecule has 0 saturated carbocycles. The Bertz CT molecular complexity index is 879. The van der Waals surface area contributed by atoms with Crippen molar-refractivity contribution in [1.29, 1.82) is 0 Å². The Kier molecular flexibility index (Phi) is 3.98. The molecule has 24 heavy (non-hydrogen) atoms. The Labute approximate surface area is 145 Å². The third-order valence-corrected chi connectivity index (χ3v) is 4.74. The summed E-state index contributed by atoms with van der Waals surface area (Å²) in [6, 6.07) is 13.4. The number of halogens is 1. The van der Waals surface area contributed by atoms with Gasteiger partial charge in [-0.15, -0.1) is 0 Å². The third-order valence-electron chi connectivity index (χ3n) is 4.49. The molecule has 5 heteroatoms. The molecule has 4 nitrogen and oxygen atoms in total. The second-order valence-corrected chi connectivity index (χ2v) is 6.61. The topological polar surface area (TPSA) is 49.0 Å². The SMILES string of the molecule is O=C(c1cc2nc(-c3ccc(Cl)cc3)ccc2[nH]1)N1CCCCC1. The summed E-state index contributed by atoms with van der Waals surface area (Å²) in [6.07, 6.45) is 3.39. The minimum absolute atomic E-state index is 0.0701. The van der Waals surface area contributed by atoms with E-state index in [4.69, 9.17) is 11.6 Å². The molecule has 1 aromatic carbocycles. The average molecular weight is 340 g/mol. The van der Waals surface area contributed by atoms with Gasteiger partial charge in [0.15, 0.2) is 0 Å². The zero-order valence-electron chi connectivity index (χ0n) is 13.3. The van der Waals surface area contributed by atoms with Crippen LogP contribution in [0, 0.1) is 0 Å². The molecule has 1 saturated heterocycles. The van der Waals surface area contributed by atoms with Crippen molar-refractivity contribution in [1.82, 2.24) is 14.9 Å². The van der Waals surface area contributed by atoms with Crippen LogP contribution in [0.15, 0.2) is 42.5 Å². The number of carbonyl (C=O) groups excluding carboxylic acids is 1. The number of likely N-dealkylation sites (tertiary alicyclic amines) is 1. The van der Waals surface area contributed by atoms with Crippen molar-refractivity contribution in [3.05, 3.63) is 53.2 Å². The number of rotatable bonds is 2. The first-order chi connectivity index (χ1) is 11.7. The second-order valence-electron chi connectivity index (χ2n) is 6.17. The van der Waals surface area contributed by atoms with Gasteiger partial charge in [0.2, 0.25) is 0 Å². The first-order valence-electron chi connectivity index (χ1n) is 8.26. The predicted octanol–water partition coefficient (Wildman–Crippen LogP) is 4.51. The van der Waals surface area contributed by atoms with E-state index in [1.807, 2.05) is 47.4 Å². The Morgan fingerprint density at radius 1 is 1.04 bits per heavy atom. The van der Waals surface area contributed by atoms with Crippen molar-refractivity contribution < 1.29 is 4.79 Å². The van der Waals surface area contributed by atoms with E-state index in [9.17, 15) is 4.79 Å². The lowest BCUT2D eigenvalue weighted by Gasteiger charge is -2.26. The quantitative estimate of drug-likeness (QED) is 0.746. The highest BCUT2D eigenvalue weighted by molar-refractivity contribution is 6.30. The van der Waals surface area contributed by atoms with Crippen LogP contribution in [0.1, 0.15) is 29.8 Å². The lowest BCUT2D eigenvalue weighted by atomic mass is 10.1. The van der Waals surface area contributed by atoms with Gasteiger partial charge >= 0.3 is 0 Å². The van der Waals surface area contributed by atoms with Crippen molar-refractivity contribution >= 4 is 28.5 Å². The van der Waals surface area contributed by atoms with E-state index in [-0.39, 0.29) is 5.91 Å². The van der Waals surface area contributed by atoms with E-state index < -0.39 is 0 Å². The fourth-order valence-corrected chi connectivity index (χ4v) is 3.30. The monoisotopic (exact) mass is 339 g/mol. The minimum Gasteiger partial charge on any atom is -0.349 e. The van der Waals surface area contributed by atoms with Gasteiger partial charge in [0.25, 0.3) is 5.91 Å². The van der Waals surface area contributed by atoms with Gasteiger partial charge in [-0.25, -0.2) is 4.98 Å². The molecule has 2 aromatic heterocycles. The number of pyridine rings is 1. The van der Waals surface area contributed by atoms with E-state index in [1.54, 1.807) is 0 Å². The predicted molar refractivity (Wildman–Crippen MR) is 96.3 cm³/mol. The number of hydrogen-bond donors (Lipinski definition) is 1. The van der Waals surface area contributed by atoms with Crippen LogP contribution in [0.5, 0.6) is 0 Å². The Morgan fingerprint density at radius 3 is 2.54 bits per heavy atom. The molecule has 1 amide bonds. The van der Waals surface area contributed by atoms with Crippen LogP contribution in [-0.4, -0.2) is 33.9 Å². The largest absolute Gasteiger partial charge is 0.349 e. The highest BCUT2D eigenvalue weighted by atomic mass is 35.5. The fourth-order valence-electron chi connectivity index (χ4n) is 3.17. The molecule has 1 aliphatic heterocycles. The number of hydrogen-bond acceptors (Lipinski definition) is 2. The maximum absolute atomic E-state index is 12.6. The van der Waals surface area contributed by atoms with Gasteiger partial charge in [0.05, 0.1) is 16.7 Å². The normalized spacial score (nSPS) is 15.0. The molecule has 0 bridgehead atoms. The first kappa shape index (κ1) is 15.2. The van der Waals surface area contributed by atoms with Crippen LogP contribution in [0.2, 0.25) is 5.02 Å². The number of H-pyrrole nitrogens is 1. The number of carbonyl (C=O) groups is 1. The molecular formula is C19H18ClN3O. The summed E-state index contributed by atoms with van der Waals surface area (Å²) in [4.78, 5) is 22.4. The number of aromatic nitrogens is 2. The van der Waals surface area contributed by atoms with Gasteiger partial charge in [0.1, 0.15) is 5.69 Å². The molecule has 0 aliphatic carbocycles. The van der Waals surface area contributed by atoms with Crippen molar-refractivity contribution in [3.8, 4) is 11.3 Å². The summed E-state index contributed by atoms with van der Waals surface area (Å²) in [6.45, 7) is 1.69. The maximum atomic E-state index is 12.6. The van der Waals surface area contributed by atoms with E-state index in [2.05, 4.69) is 9.97 Å². The first-order valence-corrected chi connectivity index (χ1v) is 8.63. The highest BCUT2D eigenvalue weighted by Crippen LogP contribution is 2.23. The van der Waals surface area contributed by atoms with Crippen LogP contribution in [0.25, 0.3) is 22.3 Å². The maximum Gasteiger partial charge on any atom is 0.270 e. The molecular weight excluding hydrogens is 322 g/mol. The number of fused-ring (bicyclic) bond motifs is 1. The summed E-state index contributed by atoms with van der Waals surface area (Å²) in [5, 5.41) is 0.705. The van der Waals surface area contributed by atoms with Gasteiger partial charge in [-0.2, -0.15) is 0 Å². The van der Waals surface area contributed by atoms with Crippen LogP contribution in [0.4, 0.5) is 0 Å². The number of benzene rings is 1. The molecule has 0 spiro atoms. The number of aromatic amines is 1. The molecule has 4 rings (SSSR count). The Hall–Kier alpha value is -2.33. The third kappa shape index (κ3) is 2.89. The smallest absolute Gasteiger partial charge is 0.270 e. The van der Waals surface area contributed by atoms with Crippen LogP contribution >= 0.6 is 11.6 Å². The average Bonchev–Trinajstić information content (AvgIpc) is 3.05. The van der Waals surface area contributed by atoms with Crippen LogP contribution < -0.4 is 0 Å². The number of amides is 1. The van der Waals surface area contributed by atoms with Crippen molar-refractivity contribution in [3.63, 3.8) is 0 Å². The van der Waals surface area contributed by atoms with Gasteiger partial charge in [-0.1, -0.05) is 23.7 Å². The molecule has 3 aromatic rings. The summed E-state index contributed by atoms with van der Waals surface area (Å²) in [7, 11) is 0. The van der Waals surface area contributed by atoms with Crippen molar-refractivity contribution in [2.75, 3.05) is 13.1 Å². The van der Waals surface area contributed by atoms with E-state index >= 15 is 0 Å². The number of nitrogens with zero attached hydrogens (tertiary/aromatic N) is 2. The van der Waals surface area contributed by atoms with Gasteiger partial charge < -0.3 is 9.88 Å². The summed E-state index contributed by atoms with van der Waals surface area (Å²) < 4.78 is 0. The minimum atomic E-state index is 0.0701. The molecule has 0 radical (unpaired) electrons. The van der Waals surface area contributed by atoms with Gasteiger partial charge in [0, 0.05) is 23.7 Å². The fraction of sp³-hybridized carbons (Fsp3) is 0.263. The van der Waals surface area contributed by atoms with E-state index in [1.165, 1.54) is 6.42 Å². The number of nitrogens with one attached hydrogen (secondary N) is 1. The van der Waals surface area contributed by atoms with E-state index in [0.29, 0.717) is 10.7 Å². The Balaban J connectivity index is 1.65. The van der Waals surface area contributed by atoms with E-state index in [0.717, 1.165) is 48.2 Å². The molecule has 3 heterocycles. The van der Waals surface area contributed by atoms with Gasteiger partial charge in [-0.3, -0.25) is 4.79 Å². The van der Waals surface area contributed by atoms with Crippen molar-refractivity contribution in [2.24, 2.45) is 0 Å². The summed E-state index contributed by atoms with van der Waals surface area (Å²) in [5.41, 5.74) is 4.19. The molecule has 0 atom stereocenters. The number of piperidine rings is 1. The summed E-state index contributed by atoms with van der Waals surface area (Å²) in [5.74, 6) is 0.0701. The Morgan fingerprint density at radius 2 is 1.79 bits per heavy atom. The van der Waals surface area contributed by atoms with Crippen LogP contribution in [0.3, 0.4) is 0 Å². The highest BCUT2D eigenvalue weighted by Gasteiger charge is 2.20. The lowest BCUT2D eigenvalue weighted by molar-refractivity contribution is 0.0719. The lowest BCUT2D eigenvalue weighted by Crippen LogP contribution is -2.35. The molecule has 1 fully saturated rings. The zero-order valence-corrected chi connectivity index (χ0v) is 14.0. The van der Waals surface area contributed by atoms with Gasteiger partial charge in [-0.05, 0) is 49.6 Å². The van der Waals surface area contributed by atoms with Crippen LogP contribution in [-0.2, 0) is 0 Å². The zero-order chi connectivity index (χ0) is 16.5. The standard InChI is InChI=1S/C19H18ClN3O/c20-14-6-4-13(5-7-14)15-8-9-16-17(21-15)12-18(22-16)19(24)23-10-2-1-3-11-23/h4-9,12,22H,1-3,10-11H2. The molecule has 1 N–H and O–H groups in total.